The Morgan fingerprint density at radius 1 is 1.11 bits per heavy atom. The van der Waals surface area contributed by atoms with Gasteiger partial charge in [0.1, 0.15) is 5.69 Å². The van der Waals surface area contributed by atoms with E-state index in [9.17, 15) is 9.59 Å². The first-order valence-electron chi connectivity index (χ1n) is 5.62. The van der Waals surface area contributed by atoms with Crippen LogP contribution in [0.3, 0.4) is 0 Å². The van der Waals surface area contributed by atoms with E-state index in [-0.39, 0.29) is 11.5 Å². The number of rotatable bonds is 4. The average Bonchev–Trinajstić information content (AvgIpc) is 2.76. The van der Waals surface area contributed by atoms with Crippen molar-refractivity contribution < 1.29 is 14.3 Å². The fraction of sp³-hybridized carbons (Fsp3) is 0.231. The molecule has 0 atom stereocenters. The molecular weight excluding hydrogens is 248 g/mol. The van der Waals surface area contributed by atoms with Crippen molar-refractivity contribution in [3.8, 4) is 11.5 Å². The number of hydrogen-bond acceptors (Lipinski definition) is 4. The van der Waals surface area contributed by atoms with E-state index in [4.69, 9.17) is 9.47 Å². The predicted octanol–water partition coefficient (Wildman–Crippen LogP) is 1.26. The molecule has 1 heterocycles. The van der Waals surface area contributed by atoms with Crippen molar-refractivity contribution in [2.75, 3.05) is 14.2 Å². The minimum atomic E-state index is -0.402. The van der Waals surface area contributed by atoms with Gasteiger partial charge in [-0.05, 0) is 25.1 Å². The predicted molar refractivity (Wildman–Crippen MR) is 69.1 cm³/mol. The first kappa shape index (κ1) is 12.9. The lowest BCUT2D eigenvalue weighted by atomic mass is 10.1. The van der Waals surface area contributed by atoms with Crippen molar-refractivity contribution in [2.24, 2.45) is 0 Å². The first-order valence-corrected chi connectivity index (χ1v) is 5.62. The maximum Gasteiger partial charge on any atom is 0.323 e. The summed E-state index contributed by atoms with van der Waals surface area (Å²) in [5.41, 5.74) is 0.763. The van der Waals surface area contributed by atoms with Crippen LogP contribution < -0.4 is 15.2 Å². The maximum atomic E-state index is 12.3. The zero-order chi connectivity index (χ0) is 14.0. The van der Waals surface area contributed by atoms with Crippen molar-refractivity contribution in [3.05, 3.63) is 45.6 Å². The van der Waals surface area contributed by atoms with E-state index in [0.29, 0.717) is 22.8 Å². The second kappa shape index (κ2) is 5.01. The van der Waals surface area contributed by atoms with Gasteiger partial charge < -0.3 is 19.4 Å². The quantitative estimate of drug-likeness (QED) is 0.812. The van der Waals surface area contributed by atoms with Gasteiger partial charge >= 0.3 is 5.69 Å². The van der Waals surface area contributed by atoms with Gasteiger partial charge in [0.05, 0.1) is 14.2 Å². The van der Waals surface area contributed by atoms with Gasteiger partial charge in [-0.1, -0.05) is 0 Å². The van der Waals surface area contributed by atoms with Gasteiger partial charge in [0.25, 0.3) is 0 Å². The molecule has 2 N–H and O–H groups in total. The third kappa shape index (κ3) is 2.37. The second-order valence-corrected chi connectivity index (χ2v) is 3.98. The molecule has 0 aliphatic rings. The van der Waals surface area contributed by atoms with Crippen LogP contribution in [0.5, 0.6) is 11.5 Å². The van der Waals surface area contributed by atoms with E-state index in [1.165, 1.54) is 14.2 Å². The number of nitrogens with one attached hydrogen (secondary N) is 2. The van der Waals surface area contributed by atoms with Crippen LogP contribution in [-0.4, -0.2) is 30.0 Å². The van der Waals surface area contributed by atoms with Crippen molar-refractivity contribution in [1.29, 1.82) is 0 Å². The van der Waals surface area contributed by atoms with E-state index >= 15 is 0 Å². The molecule has 6 nitrogen and oxygen atoms in total. The summed E-state index contributed by atoms with van der Waals surface area (Å²) in [5.74, 6) is 0.721. The molecule has 0 saturated heterocycles. The van der Waals surface area contributed by atoms with Crippen molar-refractivity contribution >= 4 is 5.78 Å². The van der Waals surface area contributed by atoms with Gasteiger partial charge in [-0.2, -0.15) is 0 Å². The number of H-pyrrole nitrogens is 2. The maximum absolute atomic E-state index is 12.3. The van der Waals surface area contributed by atoms with Gasteiger partial charge in [-0.15, -0.1) is 0 Å². The highest BCUT2D eigenvalue weighted by Gasteiger charge is 2.16. The van der Waals surface area contributed by atoms with Gasteiger partial charge in [-0.25, -0.2) is 4.79 Å². The lowest BCUT2D eigenvalue weighted by Crippen LogP contribution is -2.07. The lowest BCUT2D eigenvalue weighted by Gasteiger charge is -2.08. The molecule has 0 saturated carbocycles. The Bertz CT molecular complexity index is 670. The number of carbonyl (C=O) groups is 1. The van der Waals surface area contributed by atoms with E-state index in [1.807, 2.05) is 0 Å². The standard InChI is InChI=1S/C13H14N2O4/c1-7-11(15-13(17)14-7)12(16)8-4-5-9(18-2)10(6-8)19-3/h4-6H,1-3H3,(H2,14,15,17). The van der Waals surface area contributed by atoms with Crippen LogP contribution in [0.2, 0.25) is 0 Å². The number of hydrogen-bond donors (Lipinski definition) is 2. The Morgan fingerprint density at radius 2 is 1.79 bits per heavy atom. The van der Waals surface area contributed by atoms with E-state index in [0.717, 1.165) is 0 Å². The van der Waals surface area contributed by atoms with Crippen molar-refractivity contribution in [2.45, 2.75) is 6.92 Å². The molecule has 0 fully saturated rings. The number of aromatic amines is 2. The molecule has 0 bridgehead atoms. The molecule has 1 aromatic heterocycles. The summed E-state index contributed by atoms with van der Waals surface area (Å²) in [5, 5.41) is 0. The zero-order valence-electron chi connectivity index (χ0n) is 10.9. The summed E-state index contributed by atoms with van der Waals surface area (Å²) in [6, 6.07) is 4.84. The van der Waals surface area contributed by atoms with Crippen LogP contribution in [0.25, 0.3) is 0 Å². The Balaban J connectivity index is 2.45. The number of ketones is 1. The molecule has 19 heavy (non-hydrogen) atoms. The smallest absolute Gasteiger partial charge is 0.323 e. The summed E-state index contributed by atoms with van der Waals surface area (Å²) in [6.45, 7) is 1.66. The molecule has 2 aromatic rings. The molecule has 6 heteroatoms. The summed E-state index contributed by atoms with van der Waals surface area (Å²) >= 11 is 0. The lowest BCUT2D eigenvalue weighted by molar-refractivity contribution is 0.103. The zero-order valence-corrected chi connectivity index (χ0v) is 10.9. The van der Waals surface area contributed by atoms with Crippen LogP contribution in [0.4, 0.5) is 0 Å². The highest BCUT2D eigenvalue weighted by Crippen LogP contribution is 2.28. The monoisotopic (exact) mass is 262 g/mol. The fourth-order valence-corrected chi connectivity index (χ4v) is 1.82. The molecule has 1 aromatic carbocycles. The summed E-state index contributed by atoms with van der Waals surface area (Å²) in [7, 11) is 3.02. The normalized spacial score (nSPS) is 10.3. The molecule has 0 radical (unpaired) electrons. The van der Waals surface area contributed by atoms with E-state index < -0.39 is 5.69 Å². The van der Waals surface area contributed by atoms with E-state index in [1.54, 1.807) is 25.1 Å². The van der Waals surface area contributed by atoms with Gasteiger partial charge in [-0.3, -0.25) is 4.79 Å². The first-order chi connectivity index (χ1) is 9.06. The summed E-state index contributed by atoms with van der Waals surface area (Å²) in [4.78, 5) is 28.4. The highest BCUT2D eigenvalue weighted by molar-refractivity contribution is 6.08. The van der Waals surface area contributed by atoms with Crippen molar-refractivity contribution in [3.63, 3.8) is 0 Å². The Labute approximate surface area is 109 Å². The second-order valence-electron chi connectivity index (χ2n) is 3.98. The SMILES string of the molecule is COc1ccc(C(=O)c2[nH]c(=O)[nH]c2C)cc1OC. The highest BCUT2D eigenvalue weighted by atomic mass is 16.5. The van der Waals surface area contributed by atoms with E-state index in [2.05, 4.69) is 9.97 Å². The van der Waals surface area contributed by atoms with Gasteiger partial charge in [0.2, 0.25) is 5.78 Å². The number of imidazole rings is 1. The number of methoxy groups -OCH3 is 2. The third-order valence-electron chi connectivity index (χ3n) is 2.79. The summed E-state index contributed by atoms with van der Waals surface area (Å²) < 4.78 is 10.2. The van der Waals surface area contributed by atoms with Crippen LogP contribution in [0, 0.1) is 6.92 Å². The Morgan fingerprint density at radius 3 is 2.32 bits per heavy atom. The number of benzene rings is 1. The van der Waals surface area contributed by atoms with Gasteiger partial charge in [0, 0.05) is 11.3 Å². The average molecular weight is 262 g/mol. The Kier molecular flexibility index (Phi) is 3.41. The number of aryl methyl sites for hydroxylation is 1. The van der Waals surface area contributed by atoms with Crippen LogP contribution in [0.15, 0.2) is 23.0 Å². The molecule has 0 unspecified atom stereocenters. The number of carbonyl (C=O) groups excluding carboxylic acids is 1. The Hall–Kier alpha value is -2.50. The third-order valence-corrected chi connectivity index (χ3v) is 2.79. The minimum Gasteiger partial charge on any atom is -0.493 e. The summed E-state index contributed by atoms with van der Waals surface area (Å²) in [6.07, 6.45) is 0. The molecular formula is C13H14N2O4. The molecule has 0 aliphatic heterocycles. The molecule has 2 rings (SSSR count). The minimum absolute atomic E-state index is 0.247. The fourth-order valence-electron chi connectivity index (χ4n) is 1.82. The van der Waals surface area contributed by atoms with Crippen LogP contribution in [-0.2, 0) is 0 Å². The van der Waals surface area contributed by atoms with Crippen LogP contribution >= 0.6 is 0 Å². The van der Waals surface area contributed by atoms with Crippen molar-refractivity contribution in [1.82, 2.24) is 9.97 Å². The molecule has 0 spiro atoms. The largest absolute Gasteiger partial charge is 0.493 e. The number of ether oxygens (including phenoxy) is 2. The molecule has 0 aliphatic carbocycles. The van der Waals surface area contributed by atoms with Gasteiger partial charge in [0.15, 0.2) is 11.5 Å². The topological polar surface area (TPSA) is 84.2 Å². The molecule has 0 amide bonds. The van der Waals surface area contributed by atoms with Crippen LogP contribution in [0.1, 0.15) is 21.7 Å². The molecule has 100 valence electrons. The number of aromatic nitrogens is 2.